The number of hydrogen-bond donors (Lipinski definition) is 2. The van der Waals surface area contributed by atoms with Gasteiger partial charge < -0.3 is 15.2 Å². The summed E-state index contributed by atoms with van der Waals surface area (Å²) in [5.41, 5.74) is 0.920. The van der Waals surface area contributed by atoms with E-state index in [-0.39, 0.29) is 25.7 Å². The first kappa shape index (κ1) is 14.0. The lowest BCUT2D eigenvalue weighted by Crippen LogP contribution is -2.27. The van der Waals surface area contributed by atoms with Crippen LogP contribution in [0.4, 0.5) is 0 Å². The van der Waals surface area contributed by atoms with Gasteiger partial charge in [0.1, 0.15) is 11.4 Å². The van der Waals surface area contributed by atoms with Crippen molar-refractivity contribution in [2.75, 3.05) is 19.8 Å². The minimum absolute atomic E-state index is 0.164. The Labute approximate surface area is 126 Å². The van der Waals surface area contributed by atoms with E-state index in [9.17, 15) is 9.59 Å². The number of thiazole rings is 1. The molecule has 3 aromatic rings. The van der Waals surface area contributed by atoms with Gasteiger partial charge in [-0.3, -0.25) is 9.20 Å². The third-order valence-corrected chi connectivity index (χ3v) is 4.49. The molecule has 0 atom stereocenters. The van der Waals surface area contributed by atoms with E-state index in [4.69, 9.17) is 9.84 Å². The number of carboxylic acids is 1. The maximum Gasteiger partial charge on any atom is 0.329 e. The van der Waals surface area contributed by atoms with Gasteiger partial charge >= 0.3 is 5.97 Å². The van der Waals surface area contributed by atoms with Crippen LogP contribution in [0.25, 0.3) is 15.3 Å². The van der Waals surface area contributed by atoms with Crippen molar-refractivity contribution < 1.29 is 19.4 Å². The van der Waals surface area contributed by atoms with E-state index in [1.54, 1.807) is 17.4 Å². The summed E-state index contributed by atoms with van der Waals surface area (Å²) in [4.78, 5) is 29.0. The second-order valence-electron chi connectivity index (χ2n) is 4.17. The van der Waals surface area contributed by atoms with Gasteiger partial charge in [-0.2, -0.15) is 0 Å². The standard InChI is InChI=1S/C12H11N3O4S2/c16-9(17)6-19-3-1-13-10(18)8-5-7-11(21-8)14-12-15(7)2-4-20-12/h2,4-5H,1,3,6H2,(H,13,18)(H,16,17). The molecule has 21 heavy (non-hydrogen) atoms. The lowest BCUT2D eigenvalue weighted by Gasteiger charge is -2.03. The molecule has 0 bridgehead atoms. The number of carbonyl (C=O) groups is 2. The molecule has 2 N–H and O–H groups in total. The highest BCUT2D eigenvalue weighted by molar-refractivity contribution is 7.21. The van der Waals surface area contributed by atoms with Crippen LogP contribution < -0.4 is 5.32 Å². The lowest BCUT2D eigenvalue weighted by molar-refractivity contribution is -0.142. The summed E-state index contributed by atoms with van der Waals surface area (Å²) in [5.74, 6) is -1.23. The number of fused-ring (bicyclic) bond motifs is 3. The fourth-order valence-electron chi connectivity index (χ4n) is 1.84. The summed E-state index contributed by atoms with van der Waals surface area (Å²) in [5, 5.41) is 13.0. The Hall–Kier alpha value is -1.97. The van der Waals surface area contributed by atoms with Gasteiger partial charge in [0.25, 0.3) is 5.91 Å². The smallest absolute Gasteiger partial charge is 0.329 e. The van der Waals surface area contributed by atoms with Crippen molar-refractivity contribution in [3.05, 3.63) is 22.5 Å². The molecule has 110 valence electrons. The van der Waals surface area contributed by atoms with Crippen molar-refractivity contribution in [3.8, 4) is 0 Å². The highest BCUT2D eigenvalue weighted by atomic mass is 32.1. The molecule has 9 heteroatoms. The van der Waals surface area contributed by atoms with Crippen molar-refractivity contribution in [2.24, 2.45) is 0 Å². The van der Waals surface area contributed by atoms with E-state index in [2.05, 4.69) is 10.3 Å². The zero-order chi connectivity index (χ0) is 14.8. The molecule has 0 aliphatic rings. The number of aromatic nitrogens is 2. The summed E-state index contributed by atoms with van der Waals surface area (Å²) in [6.45, 7) is 0.0687. The molecule has 0 saturated heterocycles. The highest BCUT2D eigenvalue weighted by Gasteiger charge is 2.14. The van der Waals surface area contributed by atoms with Crippen LogP contribution in [0.5, 0.6) is 0 Å². The van der Waals surface area contributed by atoms with E-state index in [1.165, 1.54) is 11.3 Å². The third-order valence-electron chi connectivity index (χ3n) is 2.72. The van der Waals surface area contributed by atoms with E-state index in [0.29, 0.717) is 4.88 Å². The molecule has 0 fully saturated rings. The number of hydrogen-bond acceptors (Lipinski definition) is 6. The van der Waals surface area contributed by atoms with E-state index in [1.807, 2.05) is 16.0 Å². The SMILES string of the molecule is O=C(O)COCCNC(=O)c1cc2c(nc3sccn32)s1. The van der Waals surface area contributed by atoms with Gasteiger partial charge in [0.15, 0.2) is 4.96 Å². The Kier molecular flexibility index (Phi) is 3.86. The topological polar surface area (TPSA) is 92.9 Å². The van der Waals surface area contributed by atoms with Crippen LogP contribution >= 0.6 is 22.7 Å². The van der Waals surface area contributed by atoms with Gasteiger partial charge in [-0.15, -0.1) is 22.7 Å². The monoisotopic (exact) mass is 325 g/mol. The number of imidazole rings is 1. The quantitative estimate of drug-likeness (QED) is 0.669. The summed E-state index contributed by atoms with van der Waals surface area (Å²) >= 11 is 2.88. The second kappa shape index (κ2) is 5.80. The fraction of sp³-hybridized carbons (Fsp3) is 0.250. The summed E-state index contributed by atoms with van der Waals surface area (Å²) < 4.78 is 6.79. The minimum Gasteiger partial charge on any atom is -0.480 e. The molecular weight excluding hydrogens is 314 g/mol. The molecule has 3 heterocycles. The molecule has 0 spiro atoms. The minimum atomic E-state index is -1.03. The number of aliphatic carboxylic acids is 1. The molecular formula is C12H11N3O4S2. The van der Waals surface area contributed by atoms with Crippen LogP contribution in [0.2, 0.25) is 0 Å². The van der Waals surface area contributed by atoms with Gasteiger partial charge in [-0.25, -0.2) is 9.78 Å². The van der Waals surface area contributed by atoms with Crippen LogP contribution in [0.3, 0.4) is 0 Å². The largest absolute Gasteiger partial charge is 0.480 e. The molecule has 0 aliphatic carbocycles. The number of ether oxygens (including phenoxy) is 1. The Bertz CT molecular complexity index is 804. The van der Waals surface area contributed by atoms with Crippen molar-refractivity contribution in [3.63, 3.8) is 0 Å². The normalized spacial score (nSPS) is 11.2. The molecule has 0 aromatic carbocycles. The van der Waals surface area contributed by atoms with E-state index in [0.717, 1.165) is 15.3 Å². The number of thiophene rings is 1. The summed E-state index contributed by atoms with van der Waals surface area (Å²) in [6.07, 6.45) is 1.92. The zero-order valence-electron chi connectivity index (χ0n) is 10.7. The Morgan fingerprint density at radius 1 is 1.48 bits per heavy atom. The van der Waals surface area contributed by atoms with Crippen LogP contribution in [-0.4, -0.2) is 46.1 Å². The van der Waals surface area contributed by atoms with Crippen molar-refractivity contribution in [1.82, 2.24) is 14.7 Å². The molecule has 3 aromatic heterocycles. The highest BCUT2D eigenvalue weighted by Crippen LogP contribution is 2.27. The number of carbonyl (C=O) groups excluding carboxylic acids is 1. The molecule has 1 amide bonds. The molecule has 0 saturated carbocycles. The van der Waals surface area contributed by atoms with Gasteiger partial charge in [0.05, 0.1) is 17.0 Å². The van der Waals surface area contributed by atoms with E-state index < -0.39 is 5.97 Å². The van der Waals surface area contributed by atoms with Gasteiger partial charge in [-0.05, 0) is 6.07 Å². The second-order valence-corrected chi connectivity index (χ2v) is 6.07. The molecule has 7 nitrogen and oxygen atoms in total. The number of amides is 1. The van der Waals surface area contributed by atoms with Crippen molar-refractivity contribution in [1.29, 1.82) is 0 Å². The van der Waals surface area contributed by atoms with Crippen LogP contribution in [0.15, 0.2) is 17.6 Å². The number of carboxylic acid groups (broad SMARTS) is 1. The van der Waals surface area contributed by atoms with Crippen LogP contribution in [0, 0.1) is 0 Å². The van der Waals surface area contributed by atoms with Gasteiger partial charge in [0, 0.05) is 18.1 Å². The number of nitrogens with zero attached hydrogens (tertiary/aromatic N) is 2. The van der Waals surface area contributed by atoms with Crippen LogP contribution in [-0.2, 0) is 9.53 Å². The first-order valence-electron chi connectivity index (χ1n) is 6.08. The number of nitrogens with one attached hydrogen (secondary N) is 1. The molecule has 0 unspecified atom stereocenters. The Balaban J connectivity index is 1.62. The Morgan fingerprint density at radius 2 is 2.33 bits per heavy atom. The lowest BCUT2D eigenvalue weighted by atomic mass is 10.4. The summed E-state index contributed by atoms with van der Waals surface area (Å²) in [7, 11) is 0. The fourth-order valence-corrected chi connectivity index (χ4v) is 3.56. The Morgan fingerprint density at radius 3 is 3.14 bits per heavy atom. The molecule has 0 aliphatic heterocycles. The molecule has 3 rings (SSSR count). The first-order valence-corrected chi connectivity index (χ1v) is 7.77. The average molecular weight is 325 g/mol. The average Bonchev–Trinajstić information content (AvgIpc) is 3.08. The maximum absolute atomic E-state index is 12.0. The zero-order valence-corrected chi connectivity index (χ0v) is 12.4. The number of rotatable bonds is 6. The maximum atomic E-state index is 12.0. The predicted octanol–water partition coefficient (Wildman–Crippen LogP) is 1.44. The molecule has 0 radical (unpaired) electrons. The van der Waals surface area contributed by atoms with Crippen molar-refractivity contribution >= 4 is 49.9 Å². The van der Waals surface area contributed by atoms with Gasteiger partial charge in [-0.1, -0.05) is 0 Å². The summed E-state index contributed by atoms with van der Waals surface area (Å²) in [6, 6.07) is 1.81. The first-order chi connectivity index (χ1) is 10.1. The predicted molar refractivity (Wildman–Crippen MR) is 79.2 cm³/mol. The van der Waals surface area contributed by atoms with Gasteiger partial charge in [0.2, 0.25) is 0 Å². The van der Waals surface area contributed by atoms with E-state index >= 15 is 0 Å². The third kappa shape index (κ3) is 2.89. The van der Waals surface area contributed by atoms with Crippen molar-refractivity contribution in [2.45, 2.75) is 0 Å². The van der Waals surface area contributed by atoms with Crippen LogP contribution in [0.1, 0.15) is 9.67 Å².